The molecule has 3 rings (SSSR count). The van der Waals surface area contributed by atoms with E-state index < -0.39 is 5.69 Å². The van der Waals surface area contributed by atoms with Gasteiger partial charge in [-0.25, -0.2) is 9.36 Å². The van der Waals surface area contributed by atoms with Crippen molar-refractivity contribution < 1.29 is 4.74 Å². The molecule has 0 aliphatic carbocycles. The molecule has 114 valence electrons. The lowest BCUT2D eigenvalue weighted by Crippen LogP contribution is -2.23. The number of hydrogen-bond donors (Lipinski definition) is 0. The van der Waals surface area contributed by atoms with Gasteiger partial charge in [0, 0.05) is 5.02 Å². The summed E-state index contributed by atoms with van der Waals surface area (Å²) in [5.74, 6) is 0.653. The summed E-state index contributed by atoms with van der Waals surface area (Å²) in [7, 11) is 1.56. The number of ether oxygens (including phenoxy) is 1. The van der Waals surface area contributed by atoms with Crippen molar-refractivity contribution in [2.45, 2.75) is 0 Å². The SMILES string of the molecule is COc1ccc(-n2c(C#N)nn(-c3ccc(Cl)cc3)c2=O)cc1. The highest BCUT2D eigenvalue weighted by Crippen LogP contribution is 2.16. The third-order valence-corrected chi connectivity index (χ3v) is 3.53. The third kappa shape index (κ3) is 2.70. The molecule has 0 atom stereocenters. The predicted molar refractivity (Wildman–Crippen MR) is 85.4 cm³/mol. The van der Waals surface area contributed by atoms with Gasteiger partial charge in [-0.05, 0) is 48.5 Å². The van der Waals surface area contributed by atoms with Crippen molar-refractivity contribution in [1.82, 2.24) is 14.3 Å². The van der Waals surface area contributed by atoms with Crippen molar-refractivity contribution in [2.75, 3.05) is 7.11 Å². The number of aromatic nitrogens is 3. The van der Waals surface area contributed by atoms with Crippen LogP contribution in [0.1, 0.15) is 5.82 Å². The highest BCUT2D eigenvalue weighted by molar-refractivity contribution is 6.30. The van der Waals surface area contributed by atoms with Gasteiger partial charge in [0.05, 0.1) is 18.5 Å². The van der Waals surface area contributed by atoms with Gasteiger partial charge in [0.15, 0.2) is 0 Å². The molecule has 0 unspecified atom stereocenters. The van der Waals surface area contributed by atoms with Crippen molar-refractivity contribution in [3.8, 4) is 23.2 Å². The van der Waals surface area contributed by atoms with E-state index in [0.29, 0.717) is 22.1 Å². The van der Waals surface area contributed by atoms with E-state index in [1.807, 2.05) is 6.07 Å². The Hall–Kier alpha value is -3.04. The predicted octanol–water partition coefficient (Wildman–Crippen LogP) is 2.56. The Labute approximate surface area is 136 Å². The van der Waals surface area contributed by atoms with Crippen LogP contribution in [0.4, 0.5) is 0 Å². The second-order valence-electron chi connectivity index (χ2n) is 4.64. The Morgan fingerprint density at radius 1 is 1.09 bits per heavy atom. The van der Waals surface area contributed by atoms with Crippen LogP contribution in [-0.4, -0.2) is 21.5 Å². The number of methoxy groups -OCH3 is 1. The monoisotopic (exact) mass is 326 g/mol. The summed E-state index contributed by atoms with van der Waals surface area (Å²) in [5, 5.41) is 13.9. The molecule has 2 aromatic carbocycles. The molecule has 0 bridgehead atoms. The van der Waals surface area contributed by atoms with Gasteiger partial charge in [-0.3, -0.25) is 0 Å². The first-order chi connectivity index (χ1) is 11.1. The van der Waals surface area contributed by atoms with E-state index in [1.54, 1.807) is 55.6 Å². The molecule has 0 saturated carbocycles. The highest BCUT2D eigenvalue weighted by Gasteiger charge is 2.15. The van der Waals surface area contributed by atoms with Crippen LogP contribution in [0.2, 0.25) is 5.02 Å². The molecule has 0 saturated heterocycles. The van der Waals surface area contributed by atoms with E-state index in [1.165, 1.54) is 9.25 Å². The minimum absolute atomic E-state index is 0.00452. The van der Waals surface area contributed by atoms with Gasteiger partial charge < -0.3 is 4.74 Å². The zero-order valence-corrected chi connectivity index (χ0v) is 12.9. The topological polar surface area (TPSA) is 72.8 Å². The summed E-state index contributed by atoms with van der Waals surface area (Å²) in [6, 6.07) is 15.4. The van der Waals surface area contributed by atoms with E-state index in [9.17, 15) is 10.1 Å². The number of benzene rings is 2. The molecule has 0 aliphatic heterocycles. The molecule has 3 aromatic rings. The summed E-state index contributed by atoms with van der Waals surface area (Å²) in [6.07, 6.45) is 0. The molecule has 7 heteroatoms. The molecule has 0 spiro atoms. The fourth-order valence-electron chi connectivity index (χ4n) is 2.15. The van der Waals surface area contributed by atoms with E-state index in [-0.39, 0.29) is 5.82 Å². The molecular formula is C16H11ClN4O2. The normalized spacial score (nSPS) is 10.3. The summed E-state index contributed by atoms with van der Waals surface area (Å²) in [4.78, 5) is 12.6. The summed E-state index contributed by atoms with van der Waals surface area (Å²) < 4.78 is 7.50. The molecule has 0 amide bonds. The average molecular weight is 327 g/mol. The van der Waals surface area contributed by atoms with Gasteiger partial charge in [0.25, 0.3) is 0 Å². The smallest absolute Gasteiger partial charge is 0.356 e. The van der Waals surface area contributed by atoms with Gasteiger partial charge in [-0.2, -0.15) is 9.94 Å². The first-order valence-corrected chi connectivity index (χ1v) is 7.04. The summed E-state index contributed by atoms with van der Waals surface area (Å²) in [6.45, 7) is 0. The molecule has 0 fully saturated rings. The highest BCUT2D eigenvalue weighted by atomic mass is 35.5. The Morgan fingerprint density at radius 2 is 1.70 bits per heavy atom. The van der Waals surface area contributed by atoms with Gasteiger partial charge in [-0.15, -0.1) is 5.10 Å². The number of nitrogens with zero attached hydrogens (tertiary/aromatic N) is 4. The minimum atomic E-state index is -0.436. The zero-order chi connectivity index (χ0) is 16.4. The van der Waals surface area contributed by atoms with Crippen LogP contribution in [0.25, 0.3) is 11.4 Å². The lowest BCUT2D eigenvalue weighted by molar-refractivity contribution is 0.414. The Morgan fingerprint density at radius 3 is 2.26 bits per heavy atom. The number of rotatable bonds is 3. The minimum Gasteiger partial charge on any atom is -0.497 e. The zero-order valence-electron chi connectivity index (χ0n) is 12.1. The van der Waals surface area contributed by atoms with E-state index in [2.05, 4.69) is 5.10 Å². The third-order valence-electron chi connectivity index (χ3n) is 3.28. The van der Waals surface area contributed by atoms with Crippen LogP contribution in [0.3, 0.4) is 0 Å². The molecule has 1 heterocycles. The lowest BCUT2D eigenvalue weighted by atomic mass is 10.3. The molecule has 23 heavy (non-hydrogen) atoms. The standard InChI is InChI=1S/C16H11ClN4O2/c1-23-14-8-6-12(7-9-14)20-15(10-18)19-21(16(20)22)13-4-2-11(17)3-5-13/h2-9H,1H3. The van der Waals surface area contributed by atoms with Crippen molar-refractivity contribution in [3.63, 3.8) is 0 Å². The van der Waals surface area contributed by atoms with Crippen LogP contribution in [-0.2, 0) is 0 Å². The van der Waals surface area contributed by atoms with Crippen molar-refractivity contribution in [3.05, 3.63) is 69.9 Å². The molecular weight excluding hydrogens is 316 g/mol. The van der Waals surface area contributed by atoms with E-state index >= 15 is 0 Å². The Bertz CT molecular complexity index is 934. The number of nitriles is 1. The molecule has 0 N–H and O–H groups in total. The summed E-state index contributed by atoms with van der Waals surface area (Å²) >= 11 is 5.85. The second-order valence-corrected chi connectivity index (χ2v) is 5.08. The van der Waals surface area contributed by atoms with Gasteiger partial charge in [-0.1, -0.05) is 11.6 Å². The van der Waals surface area contributed by atoms with Gasteiger partial charge in [0.2, 0.25) is 5.82 Å². The van der Waals surface area contributed by atoms with Crippen molar-refractivity contribution >= 4 is 11.6 Å². The van der Waals surface area contributed by atoms with Gasteiger partial charge >= 0.3 is 5.69 Å². The fraction of sp³-hybridized carbons (Fsp3) is 0.0625. The molecule has 1 aromatic heterocycles. The van der Waals surface area contributed by atoms with Crippen molar-refractivity contribution in [1.29, 1.82) is 5.26 Å². The Kier molecular flexibility index (Phi) is 3.87. The maximum Gasteiger partial charge on any atom is 0.356 e. The summed E-state index contributed by atoms with van der Waals surface area (Å²) in [5.41, 5.74) is 0.629. The molecule has 0 aliphatic rings. The van der Waals surface area contributed by atoms with Crippen LogP contribution in [0.5, 0.6) is 5.75 Å². The van der Waals surface area contributed by atoms with E-state index in [0.717, 1.165) is 0 Å². The molecule has 6 nitrogen and oxygen atoms in total. The van der Waals surface area contributed by atoms with Crippen LogP contribution < -0.4 is 10.4 Å². The van der Waals surface area contributed by atoms with E-state index in [4.69, 9.17) is 16.3 Å². The largest absolute Gasteiger partial charge is 0.497 e. The van der Waals surface area contributed by atoms with Gasteiger partial charge in [0.1, 0.15) is 11.8 Å². The van der Waals surface area contributed by atoms with Crippen LogP contribution in [0.15, 0.2) is 53.3 Å². The first-order valence-electron chi connectivity index (χ1n) is 6.66. The number of halogens is 1. The fourth-order valence-corrected chi connectivity index (χ4v) is 2.28. The maximum absolute atomic E-state index is 12.6. The molecule has 0 radical (unpaired) electrons. The Balaban J connectivity index is 2.16. The second kappa shape index (κ2) is 5.99. The lowest BCUT2D eigenvalue weighted by Gasteiger charge is -2.03. The number of hydrogen-bond acceptors (Lipinski definition) is 4. The quantitative estimate of drug-likeness (QED) is 0.741. The van der Waals surface area contributed by atoms with Crippen LogP contribution >= 0.6 is 11.6 Å². The maximum atomic E-state index is 12.6. The first kappa shape index (κ1) is 14.9. The van der Waals surface area contributed by atoms with Crippen LogP contribution in [0, 0.1) is 11.3 Å². The average Bonchev–Trinajstić information content (AvgIpc) is 2.92. The van der Waals surface area contributed by atoms with Crippen molar-refractivity contribution in [2.24, 2.45) is 0 Å².